The van der Waals surface area contributed by atoms with Gasteiger partial charge < -0.3 is 9.64 Å². The molecule has 2 aromatic rings. The first-order valence-electron chi connectivity index (χ1n) is 6.20. The molecule has 0 radical (unpaired) electrons. The smallest absolute Gasteiger partial charge is 0.119 e. The first-order chi connectivity index (χ1) is 9.35. The molecule has 1 aliphatic heterocycles. The predicted octanol–water partition coefficient (Wildman–Crippen LogP) is 1.86. The van der Waals surface area contributed by atoms with Gasteiger partial charge in [0, 0.05) is 23.3 Å². The van der Waals surface area contributed by atoms with Crippen molar-refractivity contribution in [1.82, 2.24) is 15.0 Å². The van der Waals surface area contributed by atoms with Crippen molar-refractivity contribution in [3.05, 3.63) is 36.7 Å². The van der Waals surface area contributed by atoms with E-state index in [9.17, 15) is 0 Å². The molecule has 5 nitrogen and oxygen atoms in total. The molecule has 1 aromatic carbocycles. The molecule has 1 saturated heterocycles. The van der Waals surface area contributed by atoms with Crippen LogP contribution in [0.15, 0.2) is 41.6 Å². The van der Waals surface area contributed by atoms with Crippen LogP contribution in [0.5, 0.6) is 0 Å². The molecule has 100 valence electrons. The van der Waals surface area contributed by atoms with Crippen LogP contribution in [0.4, 0.5) is 5.69 Å². The number of hydrogen-bond acceptors (Lipinski definition) is 5. The molecule has 1 fully saturated rings. The van der Waals surface area contributed by atoms with Crippen molar-refractivity contribution >= 4 is 17.4 Å². The number of aromatic nitrogens is 3. The SMILES string of the molecule is CSc1ccc(N2CO[C@@H](Cn3ccnn3)C2)cc1. The van der Waals surface area contributed by atoms with Crippen LogP contribution in [0, 0.1) is 0 Å². The summed E-state index contributed by atoms with van der Waals surface area (Å²) in [6.07, 6.45) is 5.80. The van der Waals surface area contributed by atoms with E-state index in [-0.39, 0.29) is 6.10 Å². The largest absolute Gasteiger partial charge is 0.354 e. The van der Waals surface area contributed by atoms with E-state index in [0.717, 1.165) is 13.1 Å². The number of ether oxygens (including phenoxy) is 1. The van der Waals surface area contributed by atoms with Gasteiger partial charge in [-0.1, -0.05) is 5.21 Å². The number of thioether (sulfide) groups is 1. The maximum Gasteiger partial charge on any atom is 0.119 e. The molecule has 0 unspecified atom stereocenters. The maximum absolute atomic E-state index is 5.78. The van der Waals surface area contributed by atoms with Crippen LogP contribution in [0.2, 0.25) is 0 Å². The molecule has 0 amide bonds. The van der Waals surface area contributed by atoms with Crippen molar-refractivity contribution in [1.29, 1.82) is 0 Å². The Hall–Kier alpha value is -1.53. The van der Waals surface area contributed by atoms with Gasteiger partial charge in [0.25, 0.3) is 0 Å². The van der Waals surface area contributed by atoms with E-state index in [1.165, 1.54) is 10.6 Å². The summed E-state index contributed by atoms with van der Waals surface area (Å²) in [4.78, 5) is 3.52. The Labute approximate surface area is 116 Å². The van der Waals surface area contributed by atoms with Gasteiger partial charge in [-0.25, -0.2) is 4.68 Å². The molecule has 1 aliphatic rings. The third kappa shape index (κ3) is 2.90. The highest BCUT2D eigenvalue weighted by molar-refractivity contribution is 7.98. The number of hydrogen-bond donors (Lipinski definition) is 0. The lowest BCUT2D eigenvalue weighted by molar-refractivity contribution is 0.0991. The number of anilines is 1. The van der Waals surface area contributed by atoms with Crippen molar-refractivity contribution in [3.8, 4) is 0 Å². The van der Waals surface area contributed by atoms with E-state index < -0.39 is 0 Å². The average molecular weight is 276 g/mol. The fourth-order valence-electron chi connectivity index (χ4n) is 2.17. The normalized spacial score (nSPS) is 19.0. The molecule has 1 atom stereocenters. The summed E-state index contributed by atoms with van der Waals surface area (Å²) in [6, 6.07) is 8.58. The third-order valence-corrected chi connectivity index (χ3v) is 3.93. The summed E-state index contributed by atoms with van der Waals surface area (Å²) in [6.45, 7) is 2.27. The molecule has 0 aliphatic carbocycles. The van der Waals surface area contributed by atoms with Crippen LogP contribution in [-0.4, -0.2) is 40.6 Å². The van der Waals surface area contributed by atoms with E-state index in [0.29, 0.717) is 6.73 Å². The molecule has 0 N–H and O–H groups in total. The lowest BCUT2D eigenvalue weighted by Gasteiger charge is -2.16. The molecular formula is C13H16N4OS. The lowest BCUT2D eigenvalue weighted by atomic mass is 10.3. The maximum atomic E-state index is 5.78. The monoisotopic (exact) mass is 276 g/mol. The minimum atomic E-state index is 0.168. The van der Waals surface area contributed by atoms with Crippen LogP contribution >= 0.6 is 11.8 Å². The Morgan fingerprint density at radius 1 is 1.37 bits per heavy atom. The molecule has 1 aromatic heterocycles. The van der Waals surface area contributed by atoms with Gasteiger partial charge in [0.1, 0.15) is 6.73 Å². The summed E-state index contributed by atoms with van der Waals surface area (Å²) in [5, 5.41) is 7.77. The first-order valence-corrected chi connectivity index (χ1v) is 7.42. The molecule has 2 heterocycles. The van der Waals surface area contributed by atoms with Gasteiger partial charge >= 0.3 is 0 Å². The van der Waals surface area contributed by atoms with Gasteiger partial charge in [0.2, 0.25) is 0 Å². The summed E-state index contributed by atoms with van der Waals surface area (Å²) in [5.41, 5.74) is 1.21. The summed E-state index contributed by atoms with van der Waals surface area (Å²) in [7, 11) is 0. The predicted molar refractivity (Wildman–Crippen MR) is 75.3 cm³/mol. The molecule has 3 rings (SSSR count). The third-order valence-electron chi connectivity index (χ3n) is 3.19. The fraction of sp³-hybridized carbons (Fsp3) is 0.385. The molecule has 0 saturated carbocycles. The second-order valence-electron chi connectivity index (χ2n) is 4.46. The van der Waals surface area contributed by atoms with Gasteiger partial charge in [-0.2, -0.15) is 0 Å². The van der Waals surface area contributed by atoms with E-state index >= 15 is 0 Å². The molecule has 0 spiro atoms. The highest BCUT2D eigenvalue weighted by Gasteiger charge is 2.23. The molecule has 6 heteroatoms. The average Bonchev–Trinajstić information content (AvgIpc) is 3.11. The van der Waals surface area contributed by atoms with Crippen LogP contribution in [0.3, 0.4) is 0 Å². The molecule has 0 bridgehead atoms. The quantitative estimate of drug-likeness (QED) is 0.798. The van der Waals surface area contributed by atoms with Gasteiger partial charge in [-0.05, 0) is 30.5 Å². The number of nitrogens with zero attached hydrogens (tertiary/aromatic N) is 4. The Bertz CT molecular complexity index is 514. The Morgan fingerprint density at radius 2 is 2.21 bits per heavy atom. The van der Waals surface area contributed by atoms with Crippen molar-refractivity contribution < 1.29 is 4.74 Å². The van der Waals surface area contributed by atoms with E-state index in [2.05, 4.69) is 45.7 Å². The fourth-order valence-corrected chi connectivity index (χ4v) is 2.58. The van der Waals surface area contributed by atoms with Crippen molar-refractivity contribution in [3.63, 3.8) is 0 Å². The topological polar surface area (TPSA) is 43.2 Å². The van der Waals surface area contributed by atoms with Gasteiger partial charge in [0.15, 0.2) is 0 Å². The van der Waals surface area contributed by atoms with Gasteiger partial charge in [0.05, 0.1) is 18.8 Å². The number of rotatable bonds is 4. The molecular weight excluding hydrogens is 260 g/mol. The van der Waals surface area contributed by atoms with Crippen molar-refractivity contribution in [2.24, 2.45) is 0 Å². The van der Waals surface area contributed by atoms with Crippen LogP contribution in [0.1, 0.15) is 0 Å². The van der Waals surface area contributed by atoms with Crippen LogP contribution in [-0.2, 0) is 11.3 Å². The Balaban J connectivity index is 1.61. The first kappa shape index (κ1) is 12.5. The highest BCUT2D eigenvalue weighted by atomic mass is 32.2. The second kappa shape index (κ2) is 5.63. The Morgan fingerprint density at radius 3 is 2.89 bits per heavy atom. The van der Waals surface area contributed by atoms with E-state index in [1.54, 1.807) is 18.0 Å². The Kier molecular flexibility index (Phi) is 3.70. The van der Waals surface area contributed by atoms with Crippen LogP contribution < -0.4 is 4.90 Å². The van der Waals surface area contributed by atoms with Gasteiger partial charge in [-0.15, -0.1) is 16.9 Å². The number of benzene rings is 1. The van der Waals surface area contributed by atoms with E-state index in [4.69, 9.17) is 4.74 Å². The van der Waals surface area contributed by atoms with Crippen molar-refractivity contribution in [2.75, 3.05) is 24.4 Å². The van der Waals surface area contributed by atoms with Gasteiger partial charge in [-0.3, -0.25) is 0 Å². The summed E-state index contributed by atoms with van der Waals surface area (Å²) < 4.78 is 7.59. The zero-order valence-electron chi connectivity index (χ0n) is 10.8. The van der Waals surface area contributed by atoms with Crippen LogP contribution in [0.25, 0.3) is 0 Å². The summed E-state index contributed by atoms with van der Waals surface area (Å²) in [5.74, 6) is 0. The lowest BCUT2D eigenvalue weighted by Crippen LogP contribution is -2.24. The zero-order chi connectivity index (χ0) is 13.1. The standard InChI is InChI=1S/C13H16N4OS/c1-19-13-4-2-11(3-5-13)16-8-12(18-10-16)9-17-7-6-14-15-17/h2-7,12H,8-10H2,1H3/t12-/m1/s1. The van der Waals surface area contributed by atoms with Crippen molar-refractivity contribution in [2.45, 2.75) is 17.5 Å². The minimum absolute atomic E-state index is 0.168. The van der Waals surface area contributed by atoms with E-state index in [1.807, 2.05) is 10.9 Å². The highest BCUT2D eigenvalue weighted by Crippen LogP contribution is 2.23. The molecule has 19 heavy (non-hydrogen) atoms. The summed E-state index contributed by atoms with van der Waals surface area (Å²) >= 11 is 1.76. The second-order valence-corrected chi connectivity index (χ2v) is 5.34. The minimum Gasteiger partial charge on any atom is -0.354 e. The zero-order valence-corrected chi connectivity index (χ0v) is 11.6.